The lowest BCUT2D eigenvalue weighted by molar-refractivity contribution is -0.130. The number of nitrogens with zero attached hydrogens (tertiary/aromatic N) is 3. The van der Waals surface area contributed by atoms with E-state index in [0.717, 1.165) is 22.2 Å². The zero-order chi connectivity index (χ0) is 21.8. The Bertz CT molecular complexity index is 1200. The normalized spacial score (nSPS) is 10.8. The number of carbonyl (C=O) groups is 1. The first-order valence-corrected chi connectivity index (χ1v) is 10.1. The molecule has 0 atom stereocenters. The van der Waals surface area contributed by atoms with Crippen molar-refractivity contribution in [2.75, 3.05) is 21.3 Å². The van der Waals surface area contributed by atoms with Crippen molar-refractivity contribution in [2.24, 2.45) is 0 Å². The summed E-state index contributed by atoms with van der Waals surface area (Å²) in [5.74, 6) is 1.98. The Hall–Kier alpha value is -3.80. The Balaban J connectivity index is 1.69. The lowest BCUT2D eigenvalue weighted by atomic mass is 10.2. The van der Waals surface area contributed by atoms with E-state index >= 15 is 0 Å². The van der Waals surface area contributed by atoms with E-state index in [1.165, 1.54) is 0 Å². The van der Waals surface area contributed by atoms with Gasteiger partial charge in [-0.05, 0) is 35.9 Å². The maximum absolute atomic E-state index is 13.1. The number of aromatic nitrogens is 2. The van der Waals surface area contributed by atoms with Gasteiger partial charge in [-0.15, -0.1) is 0 Å². The van der Waals surface area contributed by atoms with Crippen molar-refractivity contribution >= 4 is 16.9 Å². The summed E-state index contributed by atoms with van der Waals surface area (Å²) in [6.07, 6.45) is 0. The van der Waals surface area contributed by atoms with Crippen molar-refractivity contribution in [3.05, 3.63) is 78.4 Å². The number of hydrogen-bond acceptors (Lipinski definition) is 4. The molecule has 158 valence electrons. The Kier molecular flexibility index (Phi) is 5.89. The molecule has 0 aliphatic carbocycles. The van der Waals surface area contributed by atoms with Crippen molar-refractivity contribution in [1.29, 1.82) is 0 Å². The van der Waals surface area contributed by atoms with Gasteiger partial charge in [-0.25, -0.2) is 4.98 Å². The largest absolute Gasteiger partial charge is 0.493 e. The first-order valence-electron chi connectivity index (χ1n) is 10.1. The van der Waals surface area contributed by atoms with Gasteiger partial charge in [0, 0.05) is 19.2 Å². The van der Waals surface area contributed by atoms with Crippen molar-refractivity contribution in [2.45, 2.75) is 13.1 Å². The fraction of sp³-hybridized carbons (Fsp3) is 0.200. The topological polar surface area (TPSA) is 56.6 Å². The highest BCUT2D eigenvalue weighted by Crippen LogP contribution is 2.33. The number of rotatable bonds is 7. The molecule has 31 heavy (non-hydrogen) atoms. The van der Waals surface area contributed by atoms with Gasteiger partial charge in [0.2, 0.25) is 5.91 Å². The second kappa shape index (κ2) is 8.92. The third-order valence-corrected chi connectivity index (χ3v) is 5.28. The van der Waals surface area contributed by atoms with Gasteiger partial charge in [-0.2, -0.15) is 0 Å². The molecule has 0 saturated carbocycles. The van der Waals surface area contributed by atoms with E-state index in [1.54, 1.807) is 19.1 Å². The SMILES string of the molecule is COc1ccc(-c2nc3ccccc3n2CC(=O)N(C)Cc2ccccc2)cc1OC. The maximum Gasteiger partial charge on any atom is 0.242 e. The van der Waals surface area contributed by atoms with E-state index in [4.69, 9.17) is 14.5 Å². The molecule has 0 spiro atoms. The summed E-state index contributed by atoms with van der Waals surface area (Å²) in [4.78, 5) is 19.6. The second-order valence-electron chi connectivity index (χ2n) is 7.32. The monoisotopic (exact) mass is 415 g/mol. The zero-order valence-electron chi connectivity index (χ0n) is 17.9. The molecule has 4 aromatic rings. The smallest absolute Gasteiger partial charge is 0.242 e. The molecule has 0 aliphatic rings. The van der Waals surface area contributed by atoms with Crippen molar-refractivity contribution < 1.29 is 14.3 Å². The van der Waals surface area contributed by atoms with Crippen LogP contribution in [-0.2, 0) is 17.9 Å². The van der Waals surface area contributed by atoms with Crippen LogP contribution in [0.25, 0.3) is 22.4 Å². The molecule has 6 nitrogen and oxygen atoms in total. The highest BCUT2D eigenvalue weighted by molar-refractivity contribution is 5.84. The number of fused-ring (bicyclic) bond motifs is 1. The summed E-state index contributed by atoms with van der Waals surface area (Å²) in [5, 5.41) is 0. The average Bonchev–Trinajstić information content (AvgIpc) is 3.17. The van der Waals surface area contributed by atoms with Crippen LogP contribution in [0, 0.1) is 0 Å². The van der Waals surface area contributed by atoms with E-state index in [1.807, 2.05) is 84.4 Å². The molecule has 0 saturated heterocycles. The van der Waals surface area contributed by atoms with Crippen LogP contribution in [0.5, 0.6) is 11.5 Å². The predicted molar refractivity (Wildman–Crippen MR) is 121 cm³/mol. The highest BCUT2D eigenvalue weighted by atomic mass is 16.5. The number of carbonyl (C=O) groups excluding carboxylic acids is 1. The zero-order valence-corrected chi connectivity index (χ0v) is 17.9. The third-order valence-electron chi connectivity index (χ3n) is 5.28. The lowest BCUT2D eigenvalue weighted by Crippen LogP contribution is -2.30. The summed E-state index contributed by atoms with van der Waals surface area (Å²) in [7, 11) is 5.03. The first kappa shape index (κ1) is 20.5. The molecule has 3 aromatic carbocycles. The number of amides is 1. The molecule has 1 heterocycles. The fourth-order valence-electron chi connectivity index (χ4n) is 3.63. The Morgan fingerprint density at radius 2 is 1.65 bits per heavy atom. The van der Waals surface area contributed by atoms with E-state index < -0.39 is 0 Å². The quantitative estimate of drug-likeness (QED) is 0.450. The van der Waals surface area contributed by atoms with Crippen molar-refractivity contribution in [1.82, 2.24) is 14.5 Å². The van der Waals surface area contributed by atoms with Crippen LogP contribution in [0.15, 0.2) is 72.8 Å². The molecule has 1 aromatic heterocycles. The standard InChI is InChI=1S/C25H25N3O3/c1-27(16-18-9-5-4-6-10-18)24(29)17-28-21-12-8-7-11-20(21)26-25(28)19-13-14-22(30-2)23(15-19)31-3/h4-15H,16-17H2,1-3H3. The van der Waals surface area contributed by atoms with Crippen molar-refractivity contribution in [3.8, 4) is 22.9 Å². The summed E-state index contributed by atoms with van der Waals surface area (Å²) < 4.78 is 12.8. The second-order valence-corrected chi connectivity index (χ2v) is 7.32. The molecule has 0 unspecified atom stereocenters. The molecule has 0 fully saturated rings. The van der Waals surface area contributed by atoms with E-state index in [-0.39, 0.29) is 12.5 Å². The summed E-state index contributed by atoms with van der Waals surface area (Å²) in [6.45, 7) is 0.742. The highest BCUT2D eigenvalue weighted by Gasteiger charge is 2.18. The van der Waals surface area contributed by atoms with Gasteiger partial charge in [0.05, 0.1) is 25.3 Å². The average molecular weight is 415 g/mol. The van der Waals surface area contributed by atoms with E-state index in [9.17, 15) is 4.79 Å². The lowest BCUT2D eigenvalue weighted by Gasteiger charge is -2.19. The molecule has 0 aliphatic heterocycles. The number of para-hydroxylation sites is 2. The molecule has 6 heteroatoms. The molecular weight excluding hydrogens is 390 g/mol. The Labute approximate surface area is 181 Å². The third kappa shape index (κ3) is 4.23. The Morgan fingerprint density at radius 1 is 0.935 bits per heavy atom. The van der Waals surface area contributed by atoms with E-state index in [0.29, 0.717) is 23.9 Å². The number of likely N-dealkylation sites (N-methyl/N-ethyl adjacent to an activating group) is 1. The molecule has 4 rings (SSSR count). The number of methoxy groups -OCH3 is 2. The number of benzene rings is 3. The number of hydrogen-bond donors (Lipinski definition) is 0. The van der Waals surface area contributed by atoms with Crippen LogP contribution in [0.1, 0.15) is 5.56 Å². The minimum atomic E-state index is 0.00809. The molecule has 0 radical (unpaired) electrons. The molecule has 1 amide bonds. The number of imidazole rings is 1. The molecular formula is C25H25N3O3. The van der Waals surface area contributed by atoms with Gasteiger partial charge in [-0.1, -0.05) is 42.5 Å². The summed E-state index contributed by atoms with van der Waals surface area (Å²) >= 11 is 0. The van der Waals surface area contributed by atoms with Crippen LogP contribution in [0.2, 0.25) is 0 Å². The minimum Gasteiger partial charge on any atom is -0.493 e. The first-order chi connectivity index (χ1) is 15.1. The van der Waals surface area contributed by atoms with Crippen LogP contribution in [0.3, 0.4) is 0 Å². The molecule has 0 bridgehead atoms. The fourth-order valence-corrected chi connectivity index (χ4v) is 3.63. The van der Waals surface area contributed by atoms with Gasteiger partial charge in [-0.3, -0.25) is 4.79 Å². The van der Waals surface area contributed by atoms with Crippen LogP contribution in [0.4, 0.5) is 0 Å². The van der Waals surface area contributed by atoms with Crippen LogP contribution in [-0.4, -0.2) is 41.6 Å². The summed E-state index contributed by atoms with van der Waals surface area (Å²) in [6, 6.07) is 23.5. The summed E-state index contributed by atoms with van der Waals surface area (Å²) in [5.41, 5.74) is 3.70. The minimum absolute atomic E-state index is 0.00809. The predicted octanol–water partition coefficient (Wildman–Crippen LogP) is 4.38. The van der Waals surface area contributed by atoms with Gasteiger partial charge < -0.3 is 18.9 Å². The van der Waals surface area contributed by atoms with Gasteiger partial charge in [0.25, 0.3) is 0 Å². The maximum atomic E-state index is 13.1. The van der Waals surface area contributed by atoms with Crippen molar-refractivity contribution in [3.63, 3.8) is 0 Å². The van der Waals surface area contributed by atoms with Crippen LogP contribution >= 0.6 is 0 Å². The number of ether oxygens (including phenoxy) is 2. The van der Waals surface area contributed by atoms with Gasteiger partial charge >= 0.3 is 0 Å². The van der Waals surface area contributed by atoms with E-state index in [2.05, 4.69) is 0 Å². The Morgan fingerprint density at radius 3 is 2.39 bits per heavy atom. The van der Waals surface area contributed by atoms with Gasteiger partial charge in [0.15, 0.2) is 11.5 Å². The molecule has 0 N–H and O–H groups in total. The van der Waals surface area contributed by atoms with Crippen LogP contribution < -0.4 is 9.47 Å². The van der Waals surface area contributed by atoms with Gasteiger partial charge in [0.1, 0.15) is 12.4 Å².